The molecule has 0 radical (unpaired) electrons. The Bertz CT molecular complexity index is 616. The van der Waals surface area contributed by atoms with E-state index in [2.05, 4.69) is 14.9 Å². The molecule has 0 N–H and O–H groups in total. The van der Waals surface area contributed by atoms with Gasteiger partial charge in [-0.15, -0.1) is 0 Å². The van der Waals surface area contributed by atoms with E-state index >= 15 is 0 Å². The van der Waals surface area contributed by atoms with Gasteiger partial charge in [0, 0.05) is 68.7 Å². The molecule has 1 amide bonds. The average Bonchev–Trinajstić information content (AvgIpc) is 3.02. The molecule has 0 aromatic carbocycles. The summed E-state index contributed by atoms with van der Waals surface area (Å²) in [4.78, 5) is 25.0. The first kappa shape index (κ1) is 14.8. The molecule has 2 unspecified atom stereocenters. The highest BCUT2D eigenvalue weighted by Crippen LogP contribution is 2.44. The maximum Gasteiger partial charge on any atom is 0.249 e. The van der Waals surface area contributed by atoms with E-state index in [1.165, 1.54) is 0 Å². The van der Waals surface area contributed by atoms with Crippen LogP contribution in [0.1, 0.15) is 18.5 Å². The van der Waals surface area contributed by atoms with Gasteiger partial charge in [0.15, 0.2) is 0 Å². The van der Waals surface area contributed by atoms with Crippen molar-refractivity contribution in [3.8, 4) is 0 Å². The van der Waals surface area contributed by atoms with E-state index < -0.39 is 11.8 Å². The van der Waals surface area contributed by atoms with Crippen LogP contribution >= 0.6 is 0 Å². The zero-order valence-electron chi connectivity index (χ0n) is 13.1. The molecule has 3 heterocycles. The summed E-state index contributed by atoms with van der Waals surface area (Å²) in [6.45, 7) is 4.95. The highest BCUT2D eigenvalue weighted by molar-refractivity contribution is 5.80. The van der Waals surface area contributed by atoms with Crippen LogP contribution in [0.25, 0.3) is 0 Å². The lowest BCUT2D eigenvalue weighted by atomic mass is 9.80. The van der Waals surface area contributed by atoms with E-state index in [0.29, 0.717) is 24.9 Å². The predicted molar refractivity (Wildman–Crippen MR) is 80.2 cm³/mol. The minimum Gasteiger partial charge on any atom is -0.342 e. The Balaban J connectivity index is 1.36. The number of aromatic nitrogens is 2. The summed E-state index contributed by atoms with van der Waals surface area (Å²) in [5.74, 6) is -1.65. The summed E-state index contributed by atoms with van der Waals surface area (Å²) in [5, 5.41) is 0. The molecule has 1 aromatic rings. The zero-order valence-corrected chi connectivity index (χ0v) is 13.1. The van der Waals surface area contributed by atoms with E-state index in [0.717, 1.165) is 24.7 Å². The summed E-state index contributed by atoms with van der Waals surface area (Å²) in [5.41, 5.74) is 0.940. The van der Waals surface area contributed by atoms with Crippen molar-refractivity contribution in [3.05, 3.63) is 18.0 Å². The van der Waals surface area contributed by atoms with Gasteiger partial charge in [-0.25, -0.2) is 18.7 Å². The molecule has 2 saturated heterocycles. The molecular weight excluding hydrogens is 302 g/mol. The van der Waals surface area contributed by atoms with Crippen molar-refractivity contribution in [1.29, 1.82) is 0 Å². The monoisotopic (exact) mass is 322 g/mol. The summed E-state index contributed by atoms with van der Waals surface area (Å²) < 4.78 is 25.9. The average molecular weight is 322 g/mol. The number of alkyl halides is 2. The first-order valence-corrected chi connectivity index (χ1v) is 8.12. The normalized spacial score (nSPS) is 29.5. The fourth-order valence-corrected chi connectivity index (χ4v) is 4.02. The number of likely N-dealkylation sites (tertiary alicyclic amines) is 1. The SMILES string of the molecule is Cc1ccnc(N2CC3CN(C(=O)C4CC(F)(F)C4)CC3C2)n1. The summed E-state index contributed by atoms with van der Waals surface area (Å²) in [6.07, 6.45) is 1.21. The van der Waals surface area contributed by atoms with Crippen molar-refractivity contribution in [2.24, 2.45) is 17.8 Å². The Kier molecular flexibility index (Phi) is 3.28. The topological polar surface area (TPSA) is 49.3 Å². The molecule has 1 saturated carbocycles. The summed E-state index contributed by atoms with van der Waals surface area (Å²) in [6, 6.07) is 1.87. The molecule has 3 aliphatic rings. The third kappa shape index (κ3) is 2.66. The van der Waals surface area contributed by atoms with Gasteiger partial charge in [0.2, 0.25) is 17.8 Å². The van der Waals surface area contributed by atoms with Crippen LogP contribution in [0.2, 0.25) is 0 Å². The van der Waals surface area contributed by atoms with Crippen molar-refractivity contribution in [1.82, 2.24) is 14.9 Å². The number of halogens is 2. The Morgan fingerprint density at radius 2 is 1.87 bits per heavy atom. The van der Waals surface area contributed by atoms with Crippen LogP contribution in [0.3, 0.4) is 0 Å². The zero-order chi connectivity index (χ0) is 16.2. The number of rotatable bonds is 2. The second-order valence-corrected chi connectivity index (χ2v) is 7.13. The van der Waals surface area contributed by atoms with E-state index in [1.54, 1.807) is 11.1 Å². The molecule has 7 heteroatoms. The molecule has 2 atom stereocenters. The third-order valence-corrected chi connectivity index (χ3v) is 5.30. The Morgan fingerprint density at radius 1 is 1.22 bits per heavy atom. The van der Waals surface area contributed by atoms with Crippen LogP contribution in [0.15, 0.2) is 12.3 Å². The summed E-state index contributed by atoms with van der Waals surface area (Å²) >= 11 is 0. The van der Waals surface area contributed by atoms with E-state index in [1.807, 2.05) is 13.0 Å². The number of hydrogen-bond acceptors (Lipinski definition) is 4. The van der Waals surface area contributed by atoms with Crippen LogP contribution in [0.5, 0.6) is 0 Å². The second-order valence-electron chi connectivity index (χ2n) is 7.13. The molecule has 5 nitrogen and oxygen atoms in total. The Labute approximate surface area is 133 Å². The van der Waals surface area contributed by atoms with E-state index in [4.69, 9.17) is 0 Å². The minimum absolute atomic E-state index is 0.0799. The maximum atomic E-state index is 12.9. The fraction of sp³-hybridized carbons (Fsp3) is 0.688. The molecule has 0 bridgehead atoms. The van der Waals surface area contributed by atoms with Crippen LogP contribution in [-0.2, 0) is 4.79 Å². The van der Waals surface area contributed by atoms with Gasteiger partial charge in [-0.05, 0) is 13.0 Å². The standard InChI is InChI=1S/C16H20F2N4O/c1-10-2-3-19-15(20-10)22-8-12-6-21(7-13(12)9-22)14(23)11-4-16(17,18)5-11/h2-3,11-13H,4-9H2,1H3. The number of amides is 1. The van der Waals surface area contributed by atoms with E-state index in [9.17, 15) is 13.6 Å². The number of hydrogen-bond donors (Lipinski definition) is 0. The first-order valence-electron chi connectivity index (χ1n) is 8.12. The van der Waals surface area contributed by atoms with E-state index in [-0.39, 0.29) is 18.7 Å². The largest absolute Gasteiger partial charge is 0.342 e. The number of carbonyl (C=O) groups excluding carboxylic acids is 1. The Hall–Kier alpha value is -1.79. The second kappa shape index (κ2) is 5.11. The maximum absolute atomic E-state index is 12.9. The van der Waals surface area contributed by atoms with Gasteiger partial charge in [-0.2, -0.15) is 0 Å². The van der Waals surface area contributed by atoms with Crippen LogP contribution in [-0.4, -0.2) is 52.9 Å². The van der Waals surface area contributed by atoms with Crippen LogP contribution in [0, 0.1) is 24.7 Å². The lowest BCUT2D eigenvalue weighted by molar-refractivity contribution is -0.159. The van der Waals surface area contributed by atoms with Gasteiger partial charge in [-0.1, -0.05) is 0 Å². The highest BCUT2D eigenvalue weighted by atomic mass is 19.3. The minimum atomic E-state index is -2.63. The molecule has 124 valence electrons. The van der Waals surface area contributed by atoms with Crippen molar-refractivity contribution in [3.63, 3.8) is 0 Å². The molecule has 1 aliphatic carbocycles. The first-order chi connectivity index (χ1) is 10.9. The molecule has 23 heavy (non-hydrogen) atoms. The fourth-order valence-electron chi connectivity index (χ4n) is 4.02. The number of carbonyl (C=O) groups is 1. The van der Waals surface area contributed by atoms with Gasteiger partial charge < -0.3 is 9.80 Å². The molecule has 3 fully saturated rings. The predicted octanol–water partition coefficient (Wildman–Crippen LogP) is 1.72. The lowest BCUT2D eigenvalue weighted by Gasteiger charge is -2.36. The van der Waals surface area contributed by atoms with Crippen LogP contribution < -0.4 is 4.90 Å². The molecule has 1 aromatic heterocycles. The number of fused-ring (bicyclic) bond motifs is 1. The van der Waals surface area contributed by atoms with Crippen molar-refractivity contribution in [2.75, 3.05) is 31.1 Å². The van der Waals surface area contributed by atoms with Crippen LogP contribution in [0.4, 0.5) is 14.7 Å². The van der Waals surface area contributed by atoms with Gasteiger partial charge in [-0.3, -0.25) is 4.79 Å². The lowest BCUT2D eigenvalue weighted by Crippen LogP contribution is -2.46. The Morgan fingerprint density at radius 3 is 2.43 bits per heavy atom. The smallest absolute Gasteiger partial charge is 0.249 e. The van der Waals surface area contributed by atoms with Crippen molar-refractivity contribution < 1.29 is 13.6 Å². The van der Waals surface area contributed by atoms with Gasteiger partial charge in [0.25, 0.3) is 0 Å². The van der Waals surface area contributed by atoms with Crippen molar-refractivity contribution >= 4 is 11.9 Å². The van der Waals surface area contributed by atoms with Gasteiger partial charge in [0.1, 0.15) is 0 Å². The molecular formula is C16H20F2N4O. The quantitative estimate of drug-likeness (QED) is 0.832. The summed E-state index contributed by atoms with van der Waals surface area (Å²) in [7, 11) is 0. The number of aryl methyl sites for hydroxylation is 1. The molecule has 0 spiro atoms. The van der Waals surface area contributed by atoms with Crippen molar-refractivity contribution in [2.45, 2.75) is 25.7 Å². The molecule has 2 aliphatic heterocycles. The van der Waals surface area contributed by atoms with Gasteiger partial charge in [0.05, 0.1) is 0 Å². The molecule has 4 rings (SSSR count). The highest BCUT2D eigenvalue weighted by Gasteiger charge is 2.51. The number of nitrogens with zero attached hydrogens (tertiary/aromatic N) is 4. The van der Waals surface area contributed by atoms with Gasteiger partial charge >= 0.3 is 0 Å². The number of anilines is 1. The third-order valence-electron chi connectivity index (χ3n) is 5.30.